The smallest absolute Gasteiger partial charge is 0.161 e. The van der Waals surface area contributed by atoms with Gasteiger partial charge in [0.1, 0.15) is 6.17 Å². The van der Waals surface area contributed by atoms with Crippen LogP contribution in [-0.4, -0.2) is 19.8 Å². The van der Waals surface area contributed by atoms with Gasteiger partial charge in [0.25, 0.3) is 0 Å². The first-order valence-corrected chi connectivity index (χ1v) is 7.94. The molecule has 0 bridgehead atoms. The highest BCUT2D eigenvalue weighted by Gasteiger charge is 2.38. The van der Waals surface area contributed by atoms with Crippen molar-refractivity contribution in [3.05, 3.63) is 23.3 Å². The van der Waals surface area contributed by atoms with Gasteiger partial charge in [-0.3, -0.25) is 0 Å². The third kappa shape index (κ3) is 2.61. The molecule has 1 heterocycles. The van der Waals surface area contributed by atoms with Crippen LogP contribution in [0, 0.1) is 0 Å². The predicted molar refractivity (Wildman–Crippen MR) is 80.8 cm³/mol. The van der Waals surface area contributed by atoms with E-state index in [9.17, 15) is 4.39 Å². The average molecular weight is 293 g/mol. The highest BCUT2D eigenvalue weighted by atomic mass is 19.1. The van der Waals surface area contributed by atoms with Crippen LogP contribution >= 0.6 is 0 Å². The number of fused-ring (bicyclic) bond motifs is 1. The molecule has 2 N–H and O–H groups in total. The molecule has 1 saturated carbocycles. The van der Waals surface area contributed by atoms with Crippen molar-refractivity contribution in [2.24, 2.45) is 5.73 Å². The molecule has 1 aliphatic heterocycles. The van der Waals surface area contributed by atoms with E-state index in [-0.39, 0.29) is 5.41 Å². The maximum Gasteiger partial charge on any atom is 0.161 e. The molecule has 4 heteroatoms. The van der Waals surface area contributed by atoms with Crippen molar-refractivity contribution < 1.29 is 13.9 Å². The SMILES string of the molecule is CC(F)c1cc2c(cc1C1(CN)CCCC1)OCCCO2. The molecule has 1 unspecified atom stereocenters. The molecule has 3 nitrogen and oxygen atoms in total. The zero-order valence-corrected chi connectivity index (χ0v) is 12.7. The summed E-state index contributed by atoms with van der Waals surface area (Å²) >= 11 is 0. The molecular formula is C17H24FNO2. The molecule has 0 saturated heterocycles. The summed E-state index contributed by atoms with van der Waals surface area (Å²) in [6.07, 6.45) is 4.21. The molecule has 1 aliphatic carbocycles. The number of halogens is 1. The largest absolute Gasteiger partial charge is 0.490 e. The molecule has 3 rings (SSSR count). The van der Waals surface area contributed by atoms with Crippen LogP contribution in [0.25, 0.3) is 0 Å². The van der Waals surface area contributed by atoms with Crippen molar-refractivity contribution in [2.75, 3.05) is 19.8 Å². The van der Waals surface area contributed by atoms with Gasteiger partial charge in [0.15, 0.2) is 11.5 Å². The summed E-state index contributed by atoms with van der Waals surface area (Å²) < 4.78 is 25.7. The van der Waals surface area contributed by atoms with Crippen molar-refractivity contribution >= 4 is 0 Å². The first kappa shape index (κ1) is 14.6. The molecule has 0 aromatic heterocycles. The predicted octanol–water partition coefficient (Wildman–Crippen LogP) is 3.65. The number of alkyl halides is 1. The fourth-order valence-corrected chi connectivity index (χ4v) is 3.65. The van der Waals surface area contributed by atoms with Crippen LogP contribution in [0.4, 0.5) is 4.39 Å². The zero-order valence-electron chi connectivity index (χ0n) is 12.7. The second-order valence-electron chi connectivity index (χ2n) is 6.24. The molecule has 116 valence electrons. The number of benzene rings is 1. The van der Waals surface area contributed by atoms with E-state index in [4.69, 9.17) is 15.2 Å². The Bertz CT molecular complexity index is 510. The molecule has 1 aromatic carbocycles. The highest BCUT2D eigenvalue weighted by Crippen LogP contribution is 2.47. The van der Waals surface area contributed by atoms with E-state index < -0.39 is 6.17 Å². The van der Waals surface area contributed by atoms with E-state index in [1.54, 1.807) is 6.92 Å². The van der Waals surface area contributed by atoms with E-state index >= 15 is 0 Å². The van der Waals surface area contributed by atoms with Crippen molar-refractivity contribution in [2.45, 2.75) is 50.6 Å². The Morgan fingerprint density at radius 3 is 2.33 bits per heavy atom. The van der Waals surface area contributed by atoms with Gasteiger partial charge in [-0.1, -0.05) is 12.8 Å². The molecule has 21 heavy (non-hydrogen) atoms. The second-order valence-corrected chi connectivity index (χ2v) is 6.24. The lowest BCUT2D eigenvalue weighted by molar-refractivity contribution is 0.296. The minimum atomic E-state index is -1.03. The van der Waals surface area contributed by atoms with E-state index in [0.29, 0.717) is 31.1 Å². The standard InChI is InChI=1S/C17H24FNO2/c1-12(18)13-9-15-16(21-8-4-7-20-15)10-14(13)17(11-19)5-2-3-6-17/h9-10,12H,2-8,11,19H2,1H3. The highest BCUT2D eigenvalue weighted by molar-refractivity contribution is 5.51. The number of hydrogen-bond acceptors (Lipinski definition) is 3. The first-order chi connectivity index (χ1) is 10.2. The van der Waals surface area contributed by atoms with E-state index in [0.717, 1.165) is 43.4 Å². The van der Waals surface area contributed by atoms with Crippen LogP contribution in [-0.2, 0) is 5.41 Å². The summed E-state index contributed by atoms with van der Waals surface area (Å²) in [6, 6.07) is 3.82. The number of rotatable bonds is 3. The summed E-state index contributed by atoms with van der Waals surface area (Å²) in [5.74, 6) is 1.41. The zero-order chi connectivity index (χ0) is 14.9. The van der Waals surface area contributed by atoms with Gasteiger partial charge in [0.05, 0.1) is 13.2 Å². The van der Waals surface area contributed by atoms with Crippen LogP contribution in [0.5, 0.6) is 11.5 Å². The van der Waals surface area contributed by atoms with Crippen LogP contribution < -0.4 is 15.2 Å². The van der Waals surface area contributed by atoms with Crippen molar-refractivity contribution in [3.8, 4) is 11.5 Å². The quantitative estimate of drug-likeness (QED) is 0.925. The van der Waals surface area contributed by atoms with Crippen LogP contribution in [0.15, 0.2) is 12.1 Å². The summed E-state index contributed by atoms with van der Waals surface area (Å²) in [7, 11) is 0. The Morgan fingerprint density at radius 2 is 1.76 bits per heavy atom. The number of ether oxygens (including phenoxy) is 2. The van der Waals surface area contributed by atoms with Crippen LogP contribution in [0.3, 0.4) is 0 Å². The maximum absolute atomic E-state index is 14.2. The normalized spacial score (nSPS) is 21.9. The van der Waals surface area contributed by atoms with Gasteiger partial charge in [0, 0.05) is 18.4 Å². The van der Waals surface area contributed by atoms with Crippen LogP contribution in [0.1, 0.15) is 56.3 Å². The Kier molecular flexibility index (Phi) is 4.07. The minimum Gasteiger partial charge on any atom is -0.490 e. The lowest BCUT2D eigenvalue weighted by Gasteiger charge is -2.31. The summed E-state index contributed by atoms with van der Waals surface area (Å²) in [4.78, 5) is 0. The van der Waals surface area contributed by atoms with Gasteiger partial charge in [-0.15, -0.1) is 0 Å². The molecule has 1 aromatic rings. The minimum absolute atomic E-state index is 0.0968. The Labute approximate surface area is 125 Å². The van der Waals surface area contributed by atoms with Gasteiger partial charge < -0.3 is 15.2 Å². The molecule has 0 amide bonds. The number of nitrogens with two attached hydrogens (primary N) is 1. The fourth-order valence-electron chi connectivity index (χ4n) is 3.65. The lowest BCUT2D eigenvalue weighted by Crippen LogP contribution is -2.33. The third-order valence-corrected chi connectivity index (χ3v) is 4.87. The first-order valence-electron chi connectivity index (χ1n) is 7.94. The molecule has 2 aliphatic rings. The van der Waals surface area contributed by atoms with E-state index in [1.807, 2.05) is 12.1 Å². The van der Waals surface area contributed by atoms with Crippen molar-refractivity contribution in [1.29, 1.82) is 0 Å². The topological polar surface area (TPSA) is 44.5 Å². The molecule has 0 spiro atoms. The fraction of sp³-hybridized carbons (Fsp3) is 0.647. The summed E-state index contributed by atoms with van der Waals surface area (Å²) in [5, 5.41) is 0. The van der Waals surface area contributed by atoms with Crippen LogP contribution in [0.2, 0.25) is 0 Å². The second kappa shape index (κ2) is 5.84. The summed E-state index contributed by atoms with van der Waals surface area (Å²) in [5.41, 5.74) is 7.73. The molecular weight excluding hydrogens is 269 g/mol. The molecule has 1 atom stereocenters. The van der Waals surface area contributed by atoms with E-state index in [2.05, 4.69) is 0 Å². The Morgan fingerprint density at radius 1 is 1.14 bits per heavy atom. The third-order valence-electron chi connectivity index (χ3n) is 4.87. The van der Waals surface area contributed by atoms with E-state index in [1.165, 1.54) is 0 Å². The Balaban J connectivity index is 2.11. The van der Waals surface area contributed by atoms with Gasteiger partial charge in [-0.05, 0) is 43.0 Å². The lowest BCUT2D eigenvalue weighted by atomic mass is 9.76. The summed E-state index contributed by atoms with van der Waals surface area (Å²) in [6.45, 7) is 3.41. The number of hydrogen-bond donors (Lipinski definition) is 1. The molecule has 1 fully saturated rings. The van der Waals surface area contributed by atoms with Crippen molar-refractivity contribution in [3.63, 3.8) is 0 Å². The average Bonchev–Trinajstić information content (AvgIpc) is 2.86. The monoisotopic (exact) mass is 293 g/mol. The Hall–Kier alpha value is -1.29. The van der Waals surface area contributed by atoms with Gasteiger partial charge in [-0.2, -0.15) is 0 Å². The van der Waals surface area contributed by atoms with Gasteiger partial charge in [0.2, 0.25) is 0 Å². The van der Waals surface area contributed by atoms with Crippen molar-refractivity contribution in [1.82, 2.24) is 0 Å². The molecule has 0 radical (unpaired) electrons. The van der Waals surface area contributed by atoms with Gasteiger partial charge >= 0.3 is 0 Å². The van der Waals surface area contributed by atoms with Gasteiger partial charge in [-0.25, -0.2) is 4.39 Å². The maximum atomic E-state index is 14.2.